The van der Waals surface area contributed by atoms with E-state index in [4.69, 9.17) is 26.8 Å². The Morgan fingerprint density at radius 1 is 0.907 bits per heavy atom. The van der Waals surface area contributed by atoms with Crippen molar-refractivity contribution in [3.8, 4) is 0 Å². The predicted molar refractivity (Wildman–Crippen MR) is 150 cm³/mol. The normalized spacial score (nSPS) is 18.3. The number of carbonyl (C=O) groups excluding carboxylic acids is 4. The minimum absolute atomic E-state index is 0.0867. The quantitative estimate of drug-likeness (QED) is 0.0465. The zero-order valence-electron chi connectivity index (χ0n) is 24.8. The van der Waals surface area contributed by atoms with Crippen molar-refractivity contribution in [2.75, 3.05) is 19.7 Å². The SMILES string of the molecule is CC1(C)CC(C(=O)N[C@@H](CCCN=C(N)N)C(=O)NCC(=O)N[C@@H](CC(=O)O)C(=O)N[C@@H](CO)C(=O)O)CC(C)(C)N1O. The van der Waals surface area contributed by atoms with E-state index in [9.17, 15) is 34.0 Å². The van der Waals surface area contributed by atoms with Gasteiger partial charge in [0.05, 0.1) is 19.6 Å². The highest BCUT2D eigenvalue weighted by atomic mass is 16.5. The summed E-state index contributed by atoms with van der Waals surface area (Å²) in [6.45, 7) is 5.61. The van der Waals surface area contributed by atoms with Gasteiger partial charge in [-0.3, -0.25) is 29.0 Å². The summed E-state index contributed by atoms with van der Waals surface area (Å²) >= 11 is 0. The van der Waals surface area contributed by atoms with E-state index in [-0.39, 0.29) is 25.3 Å². The molecule has 0 saturated carbocycles. The summed E-state index contributed by atoms with van der Waals surface area (Å²) in [6, 6.07) is -4.56. The summed E-state index contributed by atoms with van der Waals surface area (Å²) in [4.78, 5) is 77.3. The highest BCUT2D eigenvalue weighted by Gasteiger charge is 2.47. The van der Waals surface area contributed by atoms with Gasteiger partial charge >= 0.3 is 11.9 Å². The van der Waals surface area contributed by atoms with E-state index in [1.165, 1.54) is 5.06 Å². The lowest BCUT2D eigenvalue weighted by Crippen LogP contribution is -2.61. The molecule has 4 amide bonds. The van der Waals surface area contributed by atoms with E-state index < -0.39 is 90.3 Å². The fourth-order valence-corrected chi connectivity index (χ4v) is 4.90. The van der Waals surface area contributed by atoms with Crippen molar-refractivity contribution in [1.29, 1.82) is 0 Å². The minimum Gasteiger partial charge on any atom is -0.481 e. The highest BCUT2D eigenvalue weighted by Crippen LogP contribution is 2.40. The molecule has 0 aromatic rings. The van der Waals surface area contributed by atoms with Gasteiger partial charge < -0.3 is 53.3 Å². The number of hydrogen-bond acceptors (Lipinski definition) is 10. The van der Waals surface area contributed by atoms with Gasteiger partial charge in [-0.05, 0) is 53.4 Å². The highest BCUT2D eigenvalue weighted by molar-refractivity contribution is 5.95. The Bertz CT molecular complexity index is 1060. The number of carbonyl (C=O) groups is 6. The van der Waals surface area contributed by atoms with Crippen LogP contribution in [-0.4, -0.2) is 116 Å². The van der Waals surface area contributed by atoms with Crippen molar-refractivity contribution in [2.45, 2.75) is 89.0 Å². The summed E-state index contributed by atoms with van der Waals surface area (Å²) in [7, 11) is 0. The second kappa shape index (κ2) is 16.0. The molecule has 1 fully saturated rings. The maximum absolute atomic E-state index is 13.3. The molecule has 244 valence electrons. The number of nitrogens with one attached hydrogen (secondary N) is 4. The Morgan fingerprint density at radius 2 is 1.49 bits per heavy atom. The second-order valence-electron chi connectivity index (χ2n) is 11.6. The third-order valence-corrected chi connectivity index (χ3v) is 6.84. The number of hydroxylamine groups is 2. The van der Waals surface area contributed by atoms with Crippen LogP contribution in [0.4, 0.5) is 0 Å². The van der Waals surface area contributed by atoms with E-state index in [0.29, 0.717) is 12.8 Å². The number of rotatable bonds is 16. The van der Waals surface area contributed by atoms with Crippen LogP contribution in [0.25, 0.3) is 0 Å². The van der Waals surface area contributed by atoms with Gasteiger partial charge in [-0.1, -0.05) is 0 Å². The molecule has 1 saturated heterocycles. The number of nitrogens with zero attached hydrogens (tertiary/aromatic N) is 2. The Kier molecular flexibility index (Phi) is 13.8. The van der Waals surface area contributed by atoms with Crippen molar-refractivity contribution >= 4 is 41.5 Å². The van der Waals surface area contributed by atoms with Crippen LogP contribution < -0.4 is 32.7 Å². The number of aliphatic hydroxyl groups excluding tert-OH is 1. The Balaban J connectivity index is 2.95. The van der Waals surface area contributed by atoms with Gasteiger partial charge in [0, 0.05) is 23.5 Å². The molecule has 1 aliphatic rings. The number of nitrogens with two attached hydrogens (primary N) is 2. The van der Waals surface area contributed by atoms with Crippen LogP contribution >= 0.6 is 0 Å². The second-order valence-corrected chi connectivity index (χ2v) is 11.6. The van der Waals surface area contributed by atoms with Crippen LogP contribution in [0.1, 0.15) is 59.8 Å². The molecular weight excluding hydrogens is 572 g/mol. The van der Waals surface area contributed by atoms with Crippen LogP contribution in [-0.2, 0) is 28.8 Å². The van der Waals surface area contributed by atoms with Crippen LogP contribution in [0.15, 0.2) is 4.99 Å². The Hall–Kier alpha value is -4.03. The molecule has 18 heteroatoms. The average molecular weight is 617 g/mol. The van der Waals surface area contributed by atoms with Gasteiger partial charge in [-0.25, -0.2) is 4.79 Å². The number of piperidine rings is 1. The van der Waals surface area contributed by atoms with E-state index in [0.717, 1.165) is 0 Å². The summed E-state index contributed by atoms with van der Waals surface area (Å²) in [5.74, 6) is -7.10. The molecule has 3 atom stereocenters. The standard InChI is InChI=1S/C25H44N8O10/c1-24(2)9-13(10-25(3,4)33(24)43)19(38)31-14(6-5-7-28-23(26)27)20(39)29-11-17(35)30-15(8-18(36)37)21(40)32-16(12-34)22(41)42/h13-16,34,43H,5-12H2,1-4H3,(H,29,39)(H,30,35)(H,31,38)(H,32,40)(H,36,37)(H,41,42)(H4,26,27,28)/t14-,15-,16-/m0/s1. The van der Waals surface area contributed by atoms with Gasteiger partial charge in [-0.15, -0.1) is 0 Å². The molecule has 0 aliphatic carbocycles. The van der Waals surface area contributed by atoms with Crippen molar-refractivity contribution in [1.82, 2.24) is 26.3 Å². The van der Waals surface area contributed by atoms with Gasteiger partial charge in [0.2, 0.25) is 23.6 Å². The zero-order chi connectivity index (χ0) is 33.1. The van der Waals surface area contributed by atoms with Crippen molar-refractivity contribution in [3.05, 3.63) is 0 Å². The van der Waals surface area contributed by atoms with Crippen LogP contribution in [0.3, 0.4) is 0 Å². The first kappa shape index (κ1) is 37.0. The number of aliphatic carboxylic acids is 2. The first-order chi connectivity index (χ1) is 19.8. The molecule has 1 heterocycles. The van der Waals surface area contributed by atoms with Crippen molar-refractivity contribution < 1.29 is 49.3 Å². The summed E-state index contributed by atoms with van der Waals surface area (Å²) < 4.78 is 0. The van der Waals surface area contributed by atoms with E-state index >= 15 is 0 Å². The molecule has 1 rings (SSSR count). The lowest BCUT2D eigenvalue weighted by molar-refractivity contribution is -0.249. The number of carboxylic acid groups (broad SMARTS) is 2. The molecule has 0 bridgehead atoms. The van der Waals surface area contributed by atoms with E-state index in [2.05, 4.69) is 20.9 Å². The minimum atomic E-state index is -1.73. The zero-order valence-corrected chi connectivity index (χ0v) is 24.8. The monoisotopic (exact) mass is 616 g/mol. The topological polar surface area (TPSA) is 299 Å². The average Bonchev–Trinajstić information content (AvgIpc) is 2.88. The van der Waals surface area contributed by atoms with Gasteiger partial charge in [0.1, 0.15) is 18.1 Å². The Morgan fingerprint density at radius 3 is 1.98 bits per heavy atom. The molecular formula is C25H44N8O10. The number of amides is 4. The van der Waals surface area contributed by atoms with Crippen molar-refractivity contribution in [2.24, 2.45) is 22.4 Å². The molecule has 43 heavy (non-hydrogen) atoms. The van der Waals surface area contributed by atoms with Gasteiger partial charge in [-0.2, -0.15) is 5.06 Å². The van der Waals surface area contributed by atoms with Gasteiger partial charge in [0.25, 0.3) is 0 Å². The van der Waals surface area contributed by atoms with Crippen molar-refractivity contribution in [3.63, 3.8) is 0 Å². The molecule has 12 N–H and O–H groups in total. The first-order valence-electron chi connectivity index (χ1n) is 13.6. The lowest BCUT2D eigenvalue weighted by Gasteiger charge is -2.51. The summed E-state index contributed by atoms with van der Waals surface area (Å²) in [5.41, 5.74) is 9.21. The molecule has 0 radical (unpaired) electrons. The molecule has 0 aromatic carbocycles. The van der Waals surface area contributed by atoms with E-state index in [1.54, 1.807) is 27.7 Å². The first-order valence-corrected chi connectivity index (χ1v) is 13.6. The molecule has 0 spiro atoms. The number of guanidine groups is 1. The smallest absolute Gasteiger partial charge is 0.328 e. The number of hydrogen-bond donors (Lipinski definition) is 10. The largest absolute Gasteiger partial charge is 0.481 e. The van der Waals surface area contributed by atoms with Crippen LogP contribution in [0.5, 0.6) is 0 Å². The fourth-order valence-electron chi connectivity index (χ4n) is 4.90. The summed E-state index contributed by atoms with van der Waals surface area (Å²) in [6.07, 6.45) is 0.0611. The molecule has 1 aliphatic heterocycles. The molecule has 0 unspecified atom stereocenters. The maximum Gasteiger partial charge on any atom is 0.328 e. The number of carboxylic acids is 2. The number of aliphatic hydroxyl groups is 1. The number of aliphatic imine (C=N–C) groups is 1. The Labute approximate surface area is 248 Å². The van der Waals surface area contributed by atoms with Crippen LogP contribution in [0, 0.1) is 5.92 Å². The fraction of sp³-hybridized carbons (Fsp3) is 0.720. The lowest BCUT2D eigenvalue weighted by atomic mass is 9.75. The summed E-state index contributed by atoms with van der Waals surface area (Å²) in [5, 5.41) is 48.0. The van der Waals surface area contributed by atoms with Crippen LogP contribution in [0.2, 0.25) is 0 Å². The predicted octanol–water partition coefficient (Wildman–Crippen LogP) is -3.18. The third-order valence-electron chi connectivity index (χ3n) is 6.84. The molecule has 0 aromatic heterocycles. The third kappa shape index (κ3) is 12.0. The molecule has 18 nitrogen and oxygen atoms in total. The van der Waals surface area contributed by atoms with E-state index in [1.807, 2.05) is 5.32 Å². The maximum atomic E-state index is 13.3. The van der Waals surface area contributed by atoms with Gasteiger partial charge in [0.15, 0.2) is 5.96 Å².